The summed E-state index contributed by atoms with van der Waals surface area (Å²) in [7, 11) is 0. The molecule has 0 aliphatic carbocycles. The third-order valence-electron chi connectivity index (χ3n) is 3.37. The predicted octanol–water partition coefficient (Wildman–Crippen LogP) is 5.31. The Bertz CT molecular complexity index is 588. The summed E-state index contributed by atoms with van der Waals surface area (Å²) in [5.41, 5.74) is 4.88. The molecule has 0 bridgehead atoms. The Hall–Kier alpha value is -1.02. The van der Waals surface area contributed by atoms with Gasteiger partial charge in [0.05, 0.1) is 6.04 Å². The maximum Gasteiger partial charge on any atom is 0.0580 e. The topological polar surface area (TPSA) is 12.0 Å². The number of hydrogen-bond acceptors (Lipinski definition) is 1. The van der Waals surface area contributed by atoms with E-state index < -0.39 is 0 Å². The van der Waals surface area contributed by atoms with Crippen LogP contribution in [-0.4, -0.2) is 6.54 Å². The summed E-state index contributed by atoms with van der Waals surface area (Å²) in [4.78, 5) is 0. The number of halogens is 2. The molecule has 20 heavy (non-hydrogen) atoms. The van der Waals surface area contributed by atoms with Crippen LogP contribution in [0, 0.1) is 13.8 Å². The SMILES string of the molecule is CCNC(c1cc(Cl)cc(Cl)c1)c1cc(C)ccc1C. The number of aryl methyl sites for hydroxylation is 2. The van der Waals surface area contributed by atoms with Crippen LogP contribution in [0.2, 0.25) is 10.0 Å². The molecule has 0 saturated heterocycles. The van der Waals surface area contributed by atoms with Gasteiger partial charge in [0, 0.05) is 10.0 Å². The van der Waals surface area contributed by atoms with Crippen LogP contribution >= 0.6 is 23.2 Å². The molecule has 0 aliphatic rings. The number of hydrogen-bond donors (Lipinski definition) is 1. The Morgan fingerprint density at radius 3 is 2.25 bits per heavy atom. The van der Waals surface area contributed by atoms with E-state index in [0.717, 1.165) is 12.1 Å². The van der Waals surface area contributed by atoms with Gasteiger partial charge in [-0.3, -0.25) is 0 Å². The zero-order chi connectivity index (χ0) is 14.7. The van der Waals surface area contributed by atoms with Crippen molar-refractivity contribution in [2.45, 2.75) is 26.8 Å². The summed E-state index contributed by atoms with van der Waals surface area (Å²) in [5.74, 6) is 0. The molecule has 2 aromatic rings. The van der Waals surface area contributed by atoms with Crippen molar-refractivity contribution in [3.63, 3.8) is 0 Å². The van der Waals surface area contributed by atoms with Crippen LogP contribution in [-0.2, 0) is 0 Å². The highest BCUT2D eigenvalue weighted by Gasteiger charge is 2.16. The van der Waals surface area contributed by atoms with E-state index in [4.69, 9.17) is 23.2 Å². The molecule has 0 aliphatic heterocycles. The van der Waals surface area contributed by atoms with E-state index in [0.29, 0.717) is 10.0 Å². The Morgan fingerprint density at radius 1 is 1.00 bits per heavy atom. The fourth-order valence-corrected chi connectivity index (χ4v) is 2.97. The zero-order valence-corrected chi connectivity index (χ0v) is 13.5. The Labute approximate surface area is 130 Å². The average molecular weight is 308 g/mol. The molecule has 2 aromatic carbocycles. The second-order valence-corrected chi connectivity index (χ2v) is 5.93. The molecule has 0 radical (unpaired) electrons. The Morgan fingerprint density at radius 2 is 1.65 bits per heavy atom. The van der Waals surface area contributed by atoms with Gasteiger partial charge in [-0.15, -0.1) is 0 Å². The highest BCUT2D eigenvalue weighted by Crippen LogP contribution is 2.30. The van der Waals surface area contributed by atoms with E-state index in [9.17, 15) is 0 Å². The van der Waals surface area contributed by atoms with Gasteiger partial charge in [0.25, 0.3) is 0 Å². The summed E-state index contributed by atoms with van der Waals surface area (Å²) in [5, 5.41) is 4.86. The quantitative estimate of drug-likeness (QED) is 0.807. The molecule has 3 heteroatoms. The standard InChI is InChI=1S/C17H19Cl2N/c1-4-20-17(13-8-14(18)10-15(19)9-13)16-7-11(2)5-6-12(16)3/h5-10,17,20H,4H2,1-3H3. The van der Waals surface area contributed by atoms with Crippen LogP contribution in [0.4, 0.5) is 0 Å². The molecular weight excluding hydrogens is 289 g/mol. The van der Waals surface area contributed by atoms with Crippen molar-refractivity contribution in [1.29, 1.82) is 0 Å². The van der Waals surface area contributed by atoms with E-state index in [1.165, 1.54) is 16.7 Å². The summed E-state index contributed by atoms with van der Waals surface area (Å²) >= 11 is 12.3. The van der Waals surface area contributed by atoms with E-state index in [2.05, 4.69) is 44.3 Å². The highest BCUT2D eigenvalue weighted by molar-refractivity contribution is 6.34. The monoisotopic (exact) mass is 307 g/mol. The van der Waals surface area contributed by atoms with Gasteiger partial charge < -0.3 is 5.32 Å². The lowest BCUT2D eigenvalue weighted by Crippen LogP contribution is -2.23. The van der Waals surface area contributed by atoms with Crippen LogP contribution in [0.5, 0.6) is 0 Å². The summed E-state index contributed by atoms with van der Waals surface area (Å²) in [6.45, 7) is 7.22. The third kappa shape index (κ3) is 3.54. The van der Waals surface area contributed by atoms with E-state index in [-0.39, 0.29) is 6.04 Å². The van der Waals surface area contributed by atoms with Crippen molar-refractivity contribution < 1.29 is 0 Å². The van der Waals surface area contributed by atoms with Crippen LogP contribution in [0.3, 0.4) is 0 Å². The zero-order valence-electron chi connectivity index (χ0n) is 12.0. The first kappa shape index (κ1) is 15.4. The van der Waals surface area contributed by atoms with Crippen LogP contribution in [0.15, 0.2) is 36.4 Å². The molecular formula is C17H19Cl2N. The fourth-order valence-electron chi connectivity index (χ4n) is 2.42. The molecule has 0 aromatic heterocycles. The smallest absolute Gasteiger partial charge is 0.0580 e. The maximum atomic E-state index is 6.14. The van der Waals surface area contributed by atoms with Gasteiger partial charge in [0.1, 0.15) is 0 Å². The highest BCUT2D eigenvalue weighted by atomic mass is 35.5. The summed E-state index contributed by atoms with van der Waals surface area (Å²) < 4.78 is 0. The van der Waals surface area contributed by atoms with Crippen molar-refractivity contribution >= 4 is 23.2 Å². The molecule has 0 fully saturated rings. The van der Waals surface area contributed by atoms with Crippen LogP contribution in [0.1, 0.15) is 35.2 Å². The van der Waals surface area contributed by atoms with Gasteiger partial charge >= 0.3 is 0 Å². The summed E-state index contributed by atoms with van der Waals surface area (Å²) in [6, 6.07) is 12.3. The van der Waals surface area contributed by atoms with Crippen molar-refractivity contribution in [1.82, 2.24) is 5.32 Å². The molecule has 2 rings (SSSR count). The molecule has 1 atom stereocenters. The van der Waals surface area contributed by atoms with Gasteiger partial charge in [-0.1, -0.05) is 53.9 Å². The van der Waals surface area contributed by atoms with Crippen molar-refractivity contribution in [2.24, 2.45) is 0 Å². The van der Waals surface area contributed by atoms with Crippen molar-refractivity contribution in [3.8, 4) is 0 Å². The second-order valence-electron chi connectivity index (χ2n) is 5.05. The Balaban J connectivity index is 2.52. The van der Waals surface area contributed by atoms with Gasteiger partial charge in [-0.25, -0.2) is 0 Å². The molecule has 0 spiro atoms. The average Bonchev–Trinajstić information content (AvgIpc) is 2.38. The van der Waals surface area contributed by atoms with Crippen LogP contribution < -0.4 is 5.32 Å². The predicted molar refractivity (Wildman–Crippen MR) is 87.9 cm³/mol. The first-order chi connectivity index (χ1) is 9.51. The number of rotatable bonds is 4. The number of nitrogens with one attached hydrogen (secondary N) is 1. The lowest BCUT2D eigenvalue weighted by molar-refractivity contribution is 0.627. The van der Waals surface area contributed by atoms with E-state index >= 15 is 0 Å². The number of benzene rings is 2. The molecule has 0 amide bonds. The van der Waals surface area contributed by atoms with Gasteiger partial charge in [-0.05, 0) is 55.3 Å². The van der Waals surface area contributed by atoms with Crippen LogP contribution in [0.25, 0.3) is 0 Å². The first-order valence-corrected chi connectivity index (χ1v) is 7.53. The lowest BCUT2D eigenvalue weighted by Gasteiger charge is -2.22. The lowest BCUT2D eigenvalue weighted by atomic mass is 9.93. The van der Waals surface area contributed by atoms with Gasteiger partial charge in [0.15, 0.2) is 0 Å². The third-order valence-corrected chi connectivity index (χ3v) is 3.81. The molecule has 0 saturated carbocycles. The normalized spacial score (nSPS) is 12.4. The van der Waals surface area contributed by atoms with Crippen molar-refractivity contribution in [2.75, 3.05) is 6.54 Å². The van der Waals surface area contributed by atoms with E-state index in [1.807, 2.05) is 12.1 Å². The van der Waals surface area contributed by atoms with E-state index in [1.54, 1.807) is 6.07 Å². The molecule has 1 unspecified atom stereocenters. The second kappa shape index (κ2) is 6.62. The minimum Gasteiger partial charge on any atom is -0.307 e. The van der Waals surface area contributed by atoms with Gasteiger partial charge in [0.2, 0.25) is 0 Å². The first-order valence-electron chi connectivity index (χ1n) is 6.77. The minimum absolute atomic E-state index is 0.107. The van der Waals surface area contributed by atoms with Crippen molar-refractivity contribution in [3.05, 3.63) is 68.7 Å². The maximum absolute atomic E-state index is 6.14. The molecule has 106 valence electrons. The minimum atomic E-state index is 0.107. The fraction of sp³-hybridized carbons (Fsp3) is 0.294. The molecule has 0 heterocycles. The van der Waals surface area contributed by atoms with Gasteiger partial charge in [-0.2, -0.15) is 0 Å². The molecule has 1 N–H and O–H groups in total. The molecule has 1 nitrogen and oxygen atoms in total. The Kier molecular flexibility index (Phi) is 5.09. The largest absolute Gasteiger partial charge is 0.307 e. The summed E-state index contributed by atoms with van der Waals surface area (Å²) in [6.07, 6.45) is 0.